The van der Waals surface area contributed by atoms with Crippen LogP contribution in [-0.4, -0.2) is 15.1 Å². The molecular weight excluding hydrogens is 266 g/mol. The number of aromatic nitrogens is 2. The minimum Gasteiger partial charge on any atom is -0.258 e. The molecule has 0 radical (unpaired) electrons. The molecule has 0 bridgehead atoms. The molecule has 0 unspecified atom stereocenters. The van der Waals surface area contributed by atoms with Gasteiger partial charge in [-0.25, -0.2) is 0 Å². The second-order valence-electron chi connectivity index (χ2n) is 2.60. The van der Waals surface area contributed by atoms with Crippen LogP contribution in [0.3, 0.4) is 0 Å². The molecule has 0 N–H and O–H groups in total. The molecule has 1 aromatic carbocycles. The largest absolute Gasteiger partial charge is 0.283 e. The van der Waals surface area contributed by atoms with E-state index < -0.39 is 0 Å². The van der Waals surface area contributed by atoms with Crippen LogP contribution in [0.5, 0.6) is 0 Å². The fraction of sp³-hybridized carbons (Fsp3) is 0. The Hall–Kier alpha value is -1.12. The molecule has 0 aliphatic carbocycles. The van der Waals surface area contributed by atoms with Gasteiger partial charge >= 0.3 is 0 Å². The van der Waals surface area contributed by atoms with Gasteiger partial charge in [0.1, 0.15) is 5.51 Å². The van der Waals surface area contributed by atoms with Gasteiger partial charge in [0.15, 0.2) is 4.34 Å². The fourth-order valence-electron chi connectivity index (χ4n) is 0.958. The molecule has 1 heterocycles. The second kappa shape index (κ2) is 5.28. The number of hydrogen-bond acceptors (Lipinski definition) is 7. The van der Waals surface area contributed by atoms with E-state index in [1.807, 2.05) is 0 Å². The highest BCUT2D eigenvalue weighted by Crippen LogP contribution is 2.41. The molecule has 2 rings (SSSR count). The molecule has 16 heavy (non-hydrogen) atoms. The molecule has 0 amide bonds. The average molecular weight is 271 g/mol. The summed E-state index contributed by atoms with van der Waals surface area (Å²) in [6.07, 6.45) is 0. The first-order valence-corrected chi connectivity index (χ1v) is 7.14. The summed E-state index contributed by atoms with van der Waals surface area (Å²) in [5.41, 5.74) is 1.74. The molecule has 0 aliphatic rings. The van der Waals surface area contributed by atoms with Gasteiger partial charge in [-0.2, -0.15) is 0 Å². The highest BCUT2D eigenvalue weighted by Gasteiger charge is 2.13. The molecule has 0 spiro atoms. The molecule has 0 saturated carbocycles. The smallest absolute Gasteiger partial charge is 0.258 e. The van der Waals surface area contributed by atoms with Gasteiger partial charge in [-0.3, -0.25) is 10.1 Å². The SMILES string of the molecule is O=[N+]([O-])c1ccccc1SSc1nncs1. The Morgan fingerprint density at radius 2 is 2.12 bits per heavy atom. The van der Waals surface area contributed by atoms with Crippen LogP contribution < -0.4 is 0 Å². The first-order valence-electron chi connectivity index (χ1n) is 4.11. The number of benzene rings is 1. The van der Waals surface area contributed by atoms with Crippen molar-refractivity contribution < 1.29 is 4.92 Å². The summed E-state index contributed by atoms with van der Waals surface area (Å²) in [6, 6.07) is 6.63. The van der Waals surface area contributed by atoms with E-state index in [-0.39, 0.29) is 10.6 Å². The van der Waals surface area contributed by atoms with E-state index in [9.17, 15) is 10.1 Å². The van der Waals surface area contributed by atoms with Gasteiger partial charge in [-0.1, -0.05) is 23.5 Å². The average Bonchev–Trinajstić information content (AvgIpc) is 2.79. The van der Waals surface area contributed by atoms with Crippen molar-refractivity contribution in [1.82, 2.24) is 10.2 Å². The summed E-state index contributed by atoms with van der Waals surface area (Å²) in [5.74, 6) is 0. The highest BCUT2D eigenvalue weighted by atomic mass is 33.1. The maximum Gasteiger partial charge on any atom is 0.283 e. The zero-order valence-electron chi connectivity index (χ0n) is 7.77. The van der Waals surface area contributed by atoms with Crippen LogP contribution >= 0.6 is 32.9 Å². The van der Waals surface area contributed by atoms with Gasteiger partial charge in [-0.15, -0.1) is 10.2 Å². The maximum absolute atomic E-state index is 10.7. The Morgan fingerprint density at radius 3 is 2.81 bits per heavy atom. The lowest BCUT2D eigenvalue weighted by atomic mass is 10.3. The first-order chi connectivity index (χ1) is 7.77. The van der Waals surface area contributed by atoms with Gasteiger partial charge < -0.3 is 0 Å². The predicted octanol–water partition coefficient (Wildman–Crippen LogP) is 3.25. The topological polar surface area (TPSA) is 68.9 Å². The van der Waals surface area contributed by atoms with E-state index >= 15 is 0 Å². The lowest BCUT2D eigenvalue weighted by Crippen LogP contribution is -1.88. The normalized spacial score (nSPS) is 10.2. The van der Waals surface area contributed by atoms with Gasteiger partial charge in [0, 0.05) is 6.07 Å². The third-order valence-electron chi connectivity index (χ3n) is 1.60. The van der Waals surface area contributed by atoms with Gasteiger partial charge in [-0.05, 0) is 27.7 Å². The highest BCUT2D eigenvalue weighted by molar-refractivity contribution is 8.77. The van der Waals surface area contributed by atoms with Crippen LogP contribution in [0.25, 0.3) is 0 Å². The zero-order valence-corrected chi connectivity index (χ0v) is 10.2. The molecule has 82 valence electrons. The fourth-order valence-corrected chi connectivity index (χ4v) is 3.79. The minimum atomic E-state index is -0.386. The van der Waals surface area contributed by atoms with Crippen LogP contribution in [0.4, 0.5) is 5.69 Å². The Balaban J connectivity index is 2.12. The van der Waals surface area contributed by atoms with Crippen molar-refractivity contribution >= 4 is 38.6 Å². The third kappa shape index (κ3) is 2.71. The maximum atomic E-state index is 10.7. The number of nitrogens with zero attached hydrogens (tertiary/aromatic N) is 3. The van der Waals surface area contributed by atoms with Crippen LogP contribution in [0.15, 0.2) is 39.0 Å². The number of nitro groups is 1. The van der Waals surface area contributed by atoms with E-state index in [0.717, 1.165) is 4.34 Å². The van der Waals surface area contributed by atoms with Crippen molar-refractivity contribution in [3.05, 3.63) is 39.9 Å². The van der Waals surface area contributed by atoms with Crippen molar-refractivity contribution in [2.45, 2.75) is 9.24 Å². The number of nitro benzene ring substituents is 1. The summed E-state index contributed by atoms with van der Waals surface area (Å²) >= 11 is 1.41. The quantitative estimate of drug-likeness (QED) is 0.483. The van der Waals surface area contributed by atoms with E-state index in [1.54, 1.807) is 23.7 Å². The van der Waals surface area contributed by atoms with Crippen molar-refractivity contribution in [2.24, 2.45) is 0 Å². The zero-order chi connectivity index (χ0) is 11.4. The lowest BCUT2D eigenvalue weighted by molar-refractivity contribution is -0.387. The van der Waals surface area contributed by atoms with Crippen LogP contribution in [0.1, 0.15) is 0 Å². The molecule has 2 aromatic rings. The summed E-state index contributed by atoms with van der Waals surface area (Å²) in [6.45, 7) is 0. The summed E-state index contributed by atoms with van der Waals surface area (Å²) in [5, 5.41) is 18.3. The standard InChI is InChI=1S/C8H5N3O2S3/c12-11(13)6-3-1-2-4-7(6)15-16-8-10-9-5-14-8/h1-5H. The van der Waals surface area contributed by atoms with Crippen molar-refractivity contribution in [1.29, 1.82) is 0 Å². The minimum absolute atomic E-state index is 0.115. The van der Waals surface area contributed by atoms with Gasteiger partial charge in [0.05, 0.1) is 9.82 Å². The molecule has 0 saturated heterocycles. The summed E-state index contributed by atoms with van der Waals surface area (Å²) < 4.78 is 0.781. The Kier molecular flexibility index (Phi) is 3.75. The van der Waals surface area contributed by atoms with E-state index in [4.69, 9.17) is 0 Å². The number of para-hydroxylation sites is 1. The second-order valence-corrected chi connectivity index (χ2v) is 5.85. The molecule has 0 atom stereocenters. The van der Waals surface area contributed by atoms with E-state index in [2.05, 4.69) is 10.2 Å². The van der Waals surface area contributed by atoms with Crippen molar-refractivity contribution in [3.63, 3.8) is 0 Å². The van der Waals surface area contributed by atoms with Crippen LogP contribution in [0, 0.1) is 10.1 Å². The Labute approximate surface area is 103 Å². The van der Waals surface area contributed by atoms with E-state index in [1.165, 1.54) is 39.0 Å². The molecule has 5 nitrogen and oxygen atoms in total. The molecule has 1 aromatic heterocycles. The van der Waals surface area contributed by atoms with Gasteiger partial charge in [0.25, 0.3) is 5.69 Å². The summed E-state index contributed by atoms with van der Waals surface area (Å²) in [4.78, 5) is 11.0. The number of hydrogen-bond donors (Lipinski definition) is 0. The Bertz CT molecular complexity index is 489. The monoisotopic (exact) mass is 271 g/mol. The number of rotatable bonds is 4. The van der Waals surface area contributed by atoms with E-state index in [0.29, 0.717) is 4.90 Å². The molecule has 0 fully saturated rings. The predicted molar refractivity (Wildman–Crippen MR) is 64.7 cm³/mol. The third-order valence-corrected chi connectivity index (χ3v) is 5.04. The molecule has 0 aliphatic heterocycles. The van der Waals surface area contributed by atoms with Gasteiger partial charge in [0.2, 0.25) is 0 Å². The first kappa shape index (κ1) is 11.4. The van der Waals surface area contributed by atoms with Crippen LogP contribution in [0.2, 0.25) is 0 Å². The Morgan fingerprint density at radius 1 is 1.31 bits per heavy atom. The van der Waals surface area contributed by atoms with Crippen molar-refractivity contribution in [2.75, 3.05) is 0 Å². The summed E-state index contributed by atoms with van der Waals surface area (Å²) in [7, 11) is 2.68. The molecular formula is C8H5N3O2S3. The molecule has 8 heteroatoms. The van der Waals surface area contributed by atoms with Crippen molar-refractivity contribution in [3.8, 4) is 0 Å². The van der Waals surface area contributed by atoms with Crippen LogP contribution in [-0.2, 0) is 0 Å². The lowest BCUT2D eigenvalue weighted by Gasteiger charge is -1.98.